The van der Waals surface area contributed by atoms with Crippen LogP contribution in [0.25, 0.3) is 0 Å². The summed E-state index contributed by atoms with van der Waals surface area (Å²) in [6.07, 6.45) is 1.85. The van der Waals surface area contributed by atoms with Crippen molar-refractivity contribution >= 4 is 29.3 Å². The third-order valence-electron chi connectivity index (χ3n) is 2.71. The van der Waals surface area contributed by atoms with Crippen molar-refractivity contribution in [2.45, 2.75) is 18.4 Å². The molecule has 1 saturated heterocycles. The monoisotopic (exact) mass is 225 g/mol. The van der Waals surface area contributed by atoms with E-state index < -0.39 is 0 Å². The van der Waals surface area contributed by atoms with Crippen LogP contribution in [0, 0.1) is 0 Å². The highest BCUT2D eigenvalue weighted by molar-refractivity contribution is 6.66. The summed E-state index contributed by atoms with van der Waals surface area (Å²) in [5.74, 6) is 0. The Hall–Kier alpha value is 0.170. The first-order valence-corrected chi connectivity index (χ1v) is 4.66. The topological polar surface area (TPSA) is 29.5 Å². The molecule has 0 unspecified atom stereocenters. The fourth-order valence-electron chi connectivity index (χ4n) is 1.75. The first-order valence-electron chi connectivity index (χ1n) is 4.28. The van der Waals surface area contributed by atoms with Gasteiger partial charge in [-0.25, -0.2) is 0 Å². The van der Waals surface area contributed by atoms with Crippen molar-refractivity contribution in [1.82, 2.24) is 4.90 Å². The quantitative estimate of drug-likeness (QED) is 0.659. The fourth-order valence-corrected chi connectivity index (χ4v) is 2.06. The Morgan fingerprint density at radius 1 is 1.31 bits per heavy atom. The molecular weight excluding hydrogens is 213 g/mol. The van der Waals surface area contributed by atoms with Crippen LogP contribution in [0.5, 0.6) is 0 Å². The maximum Gasteiger partial charge on any atom is 0.241 e. The molecule has 0 aromatic carbocycles. The molecule has 0 spiro atoms. The number of ether oxygens (including phenoxy) is 1. The lowest BCUT2D eigenvalue weighted by Gasteiger charge is -2.32. The van der Waals surface area contributed by atoms with Crippen molar-refractivity contribution in [2.75, 3.05) is 26.3 Å². The minimum atomic E-state index is -0.300. The zero-order valence-electron chi connectivity index (χ0n) is 7.29. The van der Waals surface area contributed by atoms with Crippen LogP contribution in [0.15, 0.2) is 0 Å². The van der Waals surface area contributed by atoms with Crippen LogP contribution in [-0.2, 0) is 9.53 Å². The Morgan fingerprint density at radius 3 is 2.23 bits per heavy atom. The molecule has 0 amide bonds. The molecule has 1 heterocycles. The van der Waals surface area contributed by atoms with Gasteiger partial charge < -0.3 is 4.74 Å². The van der Waals surface area contributed by atoms with Gasteiger partial charge in [0.15, 0.2) is 0 Å². The van der Waals surface area contributed by atoms with Gasteiger partial charge in [0.2, 0.25) is 5.24 Å². The van der Waals surface area contributed by atoms with Gasteiger partial charge in [-0.1, -0.05) is 0 Å². The van der Waals surface area contributed by atoms with Crippen molar-refractivity contribution in [3.05, 3.63) is 0 Å². The molecule has 2 rings (SSSR count). The Bertz CT molecular complexity index is 200. The van der Waals surface area contributed by atoms with E-state index in [1.807, 2.05) is 0 Å². The van der Waals surface area contributed by atoms with Gasteiger partial charge in [-0.05, 0) is 24.4 Å². The predicted molar refractivity (Wildman–Crippen MR) is 52.5 cm³/mol. The molecule has 0 N–H and O–H groups in total. The Morgan fingerprint density at radius 2 is 1.85 bits per heavy atom. The smallest absolute Gasteiger partial charge is 0.241 e. The van der Waals surface area contributed by atoms with Crippen LogP contribution >= 0.6 is 24.0 Å². The van der Waals surface area contributed by atoms with Crippen LogP contribution in [0.3, 0.4) is 0 Å². The van der Waals surface area contributed by atoms with E-state index in [2.05, 4.69) is 4.90 Å². The first kappa shape index (κ1) is 11.2. The standard InChI is InChI=1S/C8H12ClNO2.ClH/c9-7(11)8(1-2-8)10-3-5-12-6-4-10;/h1-6H2;1H. The molecule has 76 valence electrons. The molecule has 3 nitrogen and oxygen atoms in total. The van der Waals surface area contributed by atoms with E-state index in [1.165, 1.54) is 0 Å². The van der Waals surface area contributed by atoms with Crippen molar-refractivity contribution in [3.8, 4) is 0 Å². The lowest BCUT2D eigenvalue weighted by molar-refractivity contribution is -0.119. The fraction of sp³-hybridized carbons (Fsp3) is 0.875. The van der Waals surface area contributed by atoms with Crippen LogP contribution < -0.4 is 0 Å². The van der Waals surface area contributed by atoms with Gasteiger partial charge in [-0.2, -0.15) is 0 Å². The third kappa shape index (κ3) is 1.99. The number of hydrogen-bond donors (Lipinski definition) is 0. The van der Waals surface area contributed by atoms with Gasteiger partial charge in [0.1, 0.15) is 0 Å². The number of hydrogen-bond acceptors (Lipinski definition) is 3. The summed E-state index contributed by atoms with van der Waals surface area (Å²) in [5, 5.41) is -0.190. The van der Waals surface area contributed by atoms with E-state index in [1.54, 1.807) is 0 Å². The highest BCUT2D eigenvalue weighted by atomic mass is 35.5. The number of nitrogens with zero attached hydrogens (tertiary/aromatic N) is 1. The average Bonchev–Trinajstić information content (AvgIpc) is 2.86. The molecule has 1 aliphatic carbocycles. The van der Waals surface area contributed by atoms with E-state index in [0.29, 0.717) is 0 Å². The number of carbonyl (C=O) groups excluding carboxylic acids is 1. The summed E-state index contributed by atoms with van der Waals surface area (Å²) >= 11 is 5.54. The molecule has 1 aliphatic heterocycles. The third-order valence-corrected chi connectivity index (χ3v) is 3.06. The molecule has 0 aromatic rings. The van der Waals surface area contributed by atoms with Crippen LogP contribution in [0.2, 0.25) is 0 Å². The van der Waals surface area contributed by atoms with Gasteiger partial charge in [-0.3, -0.25) is 9.69 Å². The molecule has 1 saturated carbocycles. The van der Waals surface area contributed by atoms with Crippen molar-refractivity contribution in [3.63, 3.8) is 0 Å². The molecular formula is C8H13Cl2NO2. The highest BCUT2D eigenvalue weighted by Gasteiger charge is 2.53. The molecule has 0 bridgehead atoms. The van der Waals surface area contributed by atoms with Gasteiger partial charge in [0, 0.05) is 13.1 Å². The van der Waals surface area contributed by atoms with E-state index in [9.17, 15) is 4.79 Å². The van der Waals surface area contributed by atoms with E-state index in [-0.39, 0.29) is 23.2 Å². The molecule has 0 atom stereocenters. The summed E-state index contributed by atoms with van der Waals surface area (Å²) in [6.45, 7) is 3.15. The van der Waals surface area contributed by atoms with Crippen molar-refractivity contribution in [1.29, 1.82) is 0 Å². The van der Waals surface area contributed by atoms with Crippen LogP contribution in [0.1, 0.15) is 12.8 Å². The van der Waals surface area contributed by atoms with E-state index >= 15 is 0 Å². The number of morpholine rings is 1. The number of rotatable bonds is 2. The molecule has 0 radical (unpaired) electrons. The van der Waals surface area contributed by atoms with Gasteiger partial charge >= 0.3 is 0 Å². The average molecular weight is 226 g/mol. The van der Waals surface area contributed by atoms with Gasteiger partial charge in [0.25, 0.3) is 0 Å². The number of halogens is 2. The zero-order valence-corrected chi connectivity index (χ0v) is 8.86. The summed E-state index contributed by atoms with van der Waals surface area (Å²) in [5.41, 5.74) is -0.300. The largest absolute Gasteiger partial charge is 0.379 e. The SMILES string of the molecule is Cl.O=C(Cl)C1(N2CCOCC2)CC1. The molecule has 5 heteroatoms. The summed E-state index contributed by atoms with van der Waals surface area (Å²) in [7, 11) is 0. The second-order valence-electron chi connectivity index (χ2n) is 3.40. The van der Waals surface area contributed by atoms with Crippen molar-refractivity contribution < 1.29 is 9.53 Å². The maximum atomic E-state index is 11.1. The first-order chi connectivity index (χ1) is 5.76. The second-order valence-corrected chi connectivity index (χ2v) is 3.75. The normalized spacial score (nSPS) is 26.2. The highest BCUT2D eigenvalue weighted by Crippen LogP contribution is 2.43. The van der Waals surface area contributed by atoms with Gasteiger partial charge in [-0.15, -0.1) is 12.4 Å². The molecule has 2 aliphatic rings. The van der Waals surface area contributed by atoms with Crippen LogP contribution in [0.4, 0.5) is 0 Å². The van der Waals surface area contributed by atoms with Crippen molar-refractivity contribution in [2.24, 2.45) is 0 Å². The number of carbonyl (C=O) groups is 1. The Labute approximate surface area is 88.8 Å². The van der Waals surface area contributed by atoms with E-state index in [4.69, 9.17) is 16.3 Å². The second kappa shape index (κ2) is 4.13. The maximum absolute atomic E-state index is 11.1. The van der Waals surface area contributed by atoms with Gasteiger partial charge in [0.05, 0.1) is 18.8 Å². The summed E-state index contributed by atoms with van der Waals surface area (Å²) in [6, 6.07) is 0. The summed E-state index contributed by atoms with van der Waals surface area (Å²) in [4.78, 5) is 13.3. The minimum Gasteiger partial charge on any atom is -0.379 e. The predicted octanol–water partition coefficient (Wildman–Crippen LogP) is 1.04. The molecule has 13 heavy (non-hydrogen) atoms. The molecule has 2 fully saturated rings. The minimum absolute atomic E-state index is 0. The lowest BCUT2D eigenvalue weighted by Crippen LogP contribution is -2.48. The van der Waals surface area contributed by atoms with Crippen LogP contribution in [-0.4, -0.2) is 42.0 Å². The Kier molecular flexibility index (Phi) is 3.57. The van der Waals surface area contributed by atoms with E-state index in [0.717, 1.165) is 39.1 Å². The summed E-state index contributed by atoms with van der Waals surface area (Å²) < 4.78 is 5.21. The zero-order chi connectivity index (χ0) is 8.60. The Balaban J connectivity index is 0.000000845. The lowest BCUT2D eigenvalue weighted by atomic mass is 10.2. The molecule has 0 aromatic heterocycles.